The van der Waals surface area contributed by atoms with Crippen LogP contribution in [0.4, 0.5) is 0 Å². The molecule has 1 heterocycles. The summed E-state index contributed by atoms with van der Waals surface area (Å²) in [5, 5.41) is 22.9. The van der Waals surface area contributed by atoms with Gasteiger partial charge >= 0.3 is 0 Å². The van der Waals surface area contributed by atoms with Crippen LogP contribution in [0, 0.1) is 7.14 Å². The maximum absolute atomic E-state index is 9.77. The van der Waals surface area contributed by atoms with Crippen molar-refractivity contribution in [3.63, 3.8) is 0 Å². The maximum Gasteiger partial charge on any atom is 0.157 e. The molecule has 0 aromatic heterocycles. The summed E-state index contributed by atoms with van der Waals surface area (Å²) in [5.74, 6) is -0.0714. The van der Waals surface area contributed by atoms with Gasteiger partial charge in [-0.1, -0.05) is 0 Å². The Bertz CT molecular complexity index is 674. The molecule has 6 heteroatoms. The Hall–Kier alpha value is -0.0600. The predicted molar refractivity (Wildman–Crippen MR) is 110 cm³/mol. The molecule has 1 aliphatic heterocycles. The van der Waals surface area contributed by atoms with Crippen molar-refractivity contribution >= 4 is 62.2 Å². The fourth-order valence-corrected chi connectivity index (χ4v) is 4.88. The van der Waals surface area contributed by atoms with Crippen LogP contribution in [0.15, 0.2) is 30.3 Å². The topological polar surface area (TPSA) is 52.5 Å². The number of hydrogen-bond acceptors (Lipinski definition) is 3. The lowest BCUT2D eigenvalue weighted by molar-refractivity contribution is 0.398. The summed E-state index contributed by atoms with van der Waals surface area (Å²) in [6.45, 7) is 0.892. The molecule has 0 saturated heterocycles. The number of benzene rings is 2. The zero-order valence-electron chi connectivity index (χ0n) is 11.6. The minimum Gasteiger partial charge on any atom is -0.504 e. The summed E-state index contributed by atoms with van der Waals surface area (Å²) in [7, 11) is 0. The van der Waals surface area contributed by atoms with Gasteiger partial charge in [-0.15, -0.1) is 17.0 Å². The quantitative estimate of drug-likeness (QED) is 0.363. The van der Waals surface area contributed by atoms with Crippen molar-refractivity contribution in [2.45, 2.75) is 18.9 Å². The third-order valence-electron chi connectivity index (χ3n) is 3.76. The Morgan fingerprint density at radius 2 is 1.64 bits per heavy atom. The first-order valence-electron chi connectivity index (χ1n) is 6.76. The minimum absolute atomic E-state index is 0. The molecule has 1 atom stereocenters. The summed E-state index contributed by atoms with van der Waals surface area (Å²) in [5.41, 5.74) is 3.49. The van der Waals surface area contributed by atoms with E-state index in [9.17, 15) is 10.2 Å². The van der Waals surface area contributed by atoms with E-state index in [-0.39, 0.29) is 34.5 Å². The van der Waals surface area contributed by atoms with E-state index in [0.29, 0.717) is 0 Å². The summed E-state index contributed by atoms with van der Waals surface area (Å²) in [6.07, 6.45) is 1.76. The summed E-state index contributed by atoms with van der Waals surface area (Å²) < 4.78 is 2.47. The van der Waals surface area contributed by atoms with Crippen molar-refractivity contribution in [3.05, 3.63) is 54.2 Å². The average Bonchev–Trinajstić information content (AvgIpc) is 2.40. The van der Waals surface area contributed by atoms with Gasteiger partial charge in [0.25, 0.3) is 0 Å². The van der Waals surface area contributed by atoms with Gasteiger partial charge < -0.3 is 15.5 Å². The number of aromatic hydroxyl groups is 2. The minimum atomic E-state index is -0.0420. The number of nitrogens with one attached hydrogen (secondary N) is 1. The predicted octanol–water partition coefficient (Wildman–Crippen LogP) is 4.31. The maximum atomic E-state index is 9.77. The number of fused-ring (bicyclic) bond motifs is 1. The van der Waals surface area contributed by atoms with Gasteiger partial charge in [0.2, 0.25) is 0 Å². The van der Waals surface area contributed by atoms with Gasteiger partial charge in [-0.25, -0.2) is 0 Å². The first kappa shape index (κ1) is 18.3. The fourth-order valence-electron chi connectivity index (χ4n) is 2.81. The largest absolute Gasteiger partial charge is 0.504 e. The Morgan fingerprint density at radius 3 is 2.32 bits per heavy atom. The molecular formula is C16H16BrI2NO2. The zero-order valence-corrected chi connectivity index (χ0v) is 17.7. The van der Waals surface area contributed by atoms with Crippen LogP contribution in [-0.4, -0.2) is 16.8 Å². The molecule has 1 aliphatic rings. The molecule has 2 aromatic rings. The van der Waals surface area contributed by atoms with Crippen molar-refractivity contribution in [1.82, 2.24) is 5.32 Å². The number of phenolic OH excluding ortho intramolecular Hbond substituents is 2. The Kier molecular flexibility index (Phi) is 6.38. The average molecular weight is 588 g/mol. The normalized spacial score (nSPS) is 16.7. The smallest absolute Gasteiger partial charge is 0.157 e. The van der Waals surface area contributed by atoms with Crippen molar-refractivity contribution in [1.29, 1.82) is 0 Å². The van der Waals surface area contributed by atoms with Crippen LogP contribution in [0.3, 0.4) is 0 Å². The molecule has 3 nitrogen and oxygen atoms in total. The first-order chi connectivity index (χ1) is 10.0. The standard InChI is InChI=1S/C16H15I2NO2.BrH/c17-11-3-9(4-12(18)7-11)5-14-13-8-16(21)15(20)6-10(13)1-2-19-14;/h3-4,6-8,14,19-21H,1-2,5H2;1H. The second-order valence-electron chi connectivity index (χ2n) is 5.28. The third-order valence-corrected chi connectivity index (χ3v) is 5.00. The Labute approximate surface area is 167 Å². The number of hydrogen-bond donors (Lipinski definition) is 3. The van der Waals surface area contributed by atoms with Gasteiger partial charge in [0.1, 0.15) is 0 Å². The SMILES string of the molecule is Br.Oc1cc2c(cc1O)C(Cc1cc(I)cc(I)c1)NCC2. The number of halogens is 3. The highest BCUT2D eigenvalue weighted by molar-refractivity contribution is 14.1. The van der Waals surface area contributed by atoms with Gasteiger partial charge in [0.15, 0.2) is 11.5 Å². The molecule has 118 valence electrons. The van der Waals surface area contributed by atoms with Crippen molar-refractivity contribution in [2.75, 3.05) is 6.54 Å². The van der Waals surface area contributed by atoms with Gasteiger partial charge in [-0.2, -0.15) is 0 Å². The molecule has 3 rings (SSSR count). The molecule has 0 aliphatic carbocycles. The highest BCUT2D eigenvalue weighted by Gasteiger charge is 2.22. The van der Waals surface area contributed by atoms with E-state index < -0.39 is 0 Å². The van der Waals surface area contributed by atoms with E-state index in [2.05, 4.69) is 68.7 Å². The first-order valence-corrected chi connectivity index (χ1v) is 8.92. The zero-order chi connectivity index (χ0) is 15.0. The highest BCUT2D eigenvalue weighted by Crippen LogP contribution is 2.35. The van der Waals surface area contributed by atoms with Crippen LogP contribution in [0.5, 0.6) is 11.5 Å². The van der Waals surface area contributed by atoms with Crippen LogP contribution in [0.25, 0.3) is 0 Å². The lowest BCUT2D eigenvalue weighted by atomic mass is 9.90. The van der Waals surface area contributed by atoms with Crippen molar-refractivity contribution in [3.8, 4) is 11.5 Å². The van der Waals surface area contributed by atoms with E-state index in [0.717, 1.165) is 30.5 Å². The van der Waals surface area contributed by atoms with Crippen LogP contribution in [0.2, 0.25) is 0 Å². The van der Waals surface area contributed by atoms with E-state index in [4.69, 9.17) is 0 Å². The highest BCUT2D eigenvalue weighted by atomic mass is 127. The Morgan fingerprint density at radius 1 is 1.00 bits per heavy atom. The molecule has 3 N–H and O–H groups in total. The number of rotatable bonds is 2. The van der Waals surface area contributed by atoms with E-state index in [1.54, 1.807) is 12.1 Å². The second kappa shape index (κ2) is 7.67. The van der Waals surface area contributed by atoms with Crippen molar-refractivity contribution in [2.24, 2.45) is 0 Å². The lowest BCUT2D eigenvalue weighted by Gasteiger charge is -2.27. The molecular weight excluding hydrogens is 572 g/mol. The molecule has 0 spiro atoms. The van der Waals surface area contributed by atoms with Gasteiger partial charge in [-0.3, -0.25) is 0 Å². The second-order valence-corrected chi connectivity index (χ2v) is 7.77. The lowest BCUT2D eigenvalue weighted by Crippen LogP contribution is -2.31. The molecule has 0 bridgehead atoms. The van der Waals surface area contributed by atoms with Crippen LogP contribution in [0.1, 0.15) is 22.7 Å². The third kappa shape index (κ3) is 4.07. The summed E-state index contributed by atoms with van der Waals surface area (Å²) >= 11 is 4.67. The molecule has 0 fully saturated rings. The monoisotopic (exact) mass is 587 g/mol. The molecule has 22 heavy (non-hydrogen) atoms. The van der Waals surface area contributed by atoms with E-state index >= 15 is 0 Å². The molecule has 1 unspecified atom stereocenters. The summed E-state index contributed by atoms with van der Waals surface area (Å²) in [4.78, 5) is 0. The number of phenols is 2. The van der Waals surface area contributed by atoms with Crippen molar-refractivity contribution < 1.29 is 10.2 Å². The van der Waals surface area contributed by atoms with Crippen LogP contribution < -0.4 is 5.32 Å². The van der Waals surface area contributed by atoms with E-state index in [1.165, 1.54) is 12.7 Å². The van der Waals surface area contributed by atoms with Gasteiger partial charge in [-0.05, 0) is 112 Å². The van der Waals surface area contributed by atoms with Crippen LogP contribution >= 0.6 is 62.2 Å². The Balaban J connectivity index is 0.00000176. The van der Waals surface area contributed by atoms with Crippen LogP contribution in [-0.2, 0) is 12.8 Å². The van der Waals surface area contributed by atoms with Gasteiger partial charge in [0.05, 0.1) is 0 Å². The fraction of sp³-hybridized carbons (Fsp3) is 0.250. The summed E-state index contributed by atoms with van der Waals surface area (Å²) in [6, 6.07) is 10.1. The molecule has 0 saturated carbocycles. The van der Waals surface area contributed by atoms with Gasteiger partial charge in [0, 0.05) is 13.2 Å². The molecule has 0 amide bonds. The molecule has 2 aromatic carbocycles. The molecule has 0 radical (unpaired) electrons. The van der Waals surface area contributed by atoms with E-state index in [1.807, 2.05) is 0 Å².